The van der Waals surface area contributed by atoms with Crippen LogP contribution in [0, 0.1) is 6.92 Å². The van der Waals surface area contributed by atoms with Gasteiger partial charge in [0.05, 0.1) is 24.2 Å². The number of carboxylic acids is 1. The fraction of sp³-hybridized carbons (Fsp3) is 0.364. The maximum atomic E-state index is 12.1. The summed E-state index contributed by atoms with van der Waals surface area (Å²) in [4.78, 5) is 10.7. The Balaban J connectivity index is 2.43. The molecular weight excluding hydrogens is 274 g/mol. The molecule has 0 aliphatic carbocycles. The molecule has 0 bridgehead atoms. The largest absolute Gasteiger partial charge is 0.507 e. The minimum Gasteiger partial charge on any atom is -0.507 e. The molecule has 1 aromatic carbocycles. The van der Waals surface area contributed by atoms with Crippen LogP contribution in [0.5, 0.6) is 5.75 Å². The summed E-state index contributed by atoms with van der Waals surface area (Å²) in [7, 11) is -3.83. The number of hydrogen-bond donors (Lipinski definition) is 3. The zero-order chi connectivity index (χ0) is 14.2. The van der Waals surface area contributed by atoms with Crippen molar-refractivity contribution in [2.75, 3.05) is 13.2 Å². The van der Waals surface area contributed by atoms with Gasteiger partial charge in [0, 0.05) is 0 Å². The van der Waals surface area contributed by atoms with Gasteiger partial charge in [-0.05, 0) is 24.6 Å². The van der Waals surface area contributed by atoms with Gasteiger partial charge in [-0.25, -0.2) is 17.9 Å². The number of ether oxygens (including phenoxy) is 1. The van der Waals surface area contributed by atoms with Crippen molar-refractivity contribution in [2.45, 2.75) is 17.9 Å². The molecule has 0 unspecified atom stereocenters. The van der Waals surface area contributed by atoms with Gasteiger partial charge in [-0.2, -0.15) is 0 Å². The standard InChI is InChI=1S/C11H13NO6S/c1-6-2-9(13)8(11(14)15)3-10(6)19(16,17)12-7-4-18-5-7/h2-3,7,12-13H,4-5H2,1H3,(H,14,15). The summed E-state index contributed by atoms with van der Waals surface area (Å²) in [5.41, 5.74) is -0.175. The smallest absolute Gasteiger partial charge is 0.339 e. The van der Waals surface area contributed by atoms with Crippen molar-refractivity contribution in [3.63, 3.8) is 0 Å². The van der Waals surface area contributed by atoms with E-state index in [0.717, 1.165) is 12.1 Å². The van der Waals surface area contributed by atoms with Crippen molar-refractivity contribution < 1.29 is 28.2 Å². The van der Waals surface area contributed by atoms with E-state index in [1.165, 1.54) is 6.92 Å². The Morgan fingerprint density at radius 2 is 2.05 bits per heavy atom. The van der Waals surface area contributed by atoms with E-state index < -0.39 is 27.3 Å². The maximum absolute atomic E-state index is 12.1. The summed E-state index contributed by atoms with van der Waals surface area (Å²) in [6.45, 7) is 2.07. The van der Waals surface area contributed by atoms with Gasteiger partial charge >= 0.3 is 5.97 Å². The summed E-state index contributed by atoms with van der Waals surface area (Å²) >= 11 is 0. The molecule has 0 aromatic heterocycles. The quantitative estimate of drug-likeness (QED) is 0.722. The third kappa shape index (κ3) is 2.70. The number of carbonyl (C=O) groups is 1. The van der Waals surface area contributed by atoms with Gasteiger partial charge in [0.2, 0.25) is 10.0 Å². The molecule has 1 aromatic rings. The average Bonchev–Trinajstić information content (AvgIpc) is 2.22. The van der Waals surface area contributed by atoms with Gasteiger partial charge in [-0.1, -0.05) is 0 Å². The highest BCUT2D eigenvalue weighted by Gasteiger charge is 2.28. The first-order valence-electron chi connectivity index (χ1n) is 5.48. The summed E-state index contributed by atoms with van der Waals surface area (Å²) in [6, 6.07) is 1.77. The van der Waals surface area contributed by atoms with Gasteiger partial charge in [0.25, 0.3) is 0 Å². The molecule has 19 heavy (non-hydrogen) atoms. The highest BCUT2D eigenvalue weighted by atomic mass is 32.2. The van der Waals surface area contributed by atoms with Gasteiger partial charge < -0.3 is 14.9 Å². The zero-order valence-corrected chi connectivity index (χ0v) is 10.9. The number of sulfonamides is 1. The first-order valence-corrected chi connectivity index (χ1v) is 6.96. The Morgan fingerprint density at radius 3 is 2.53 bits per heavy atom. The van der Waals surface area contributed by atoms with Crippen molar-refractivity contribution >= 4 is 16.0 Å². The van der Waals surface area contributed by atoms with Crippen molar-refractivity contribution in [2.24, 2.45) is 0 Å². The van der Waals surface area contributed by atoms with Crippen molar-refractivity contribution in [3.05, 3.63) is 23.3 Å². The Morgan fingerprint density at radius 1 is 1.42 bits per heavy atom. The molecule has 104 valence electrons. The number of nitrogens with one attached hydrogen (secondary N) is 1. The van der Waals surface area contributed by atoms with Crippen LogP contribution in [0.25, 0.3) is 0 Å². The molecule has 8 heteroatoms. The summed E-state index contributed by atoms with van der Waals surface area (Å²) < 4.78 is 31.5. The van der Waals surface area contributed by atoms with Gasteiger partial charge in [-0.3, -0.25) is 0 Å². The number of aryl methyl sites for hydroxylation is 1. The molecule has 0 spiro atoms. The SMILES string of the molecule is Cc1cc(O)c(C(=O)O)cc1S(=O)(=O)NC1COC1. The zero-order valence-electron chi connectivity index (χ0n) is 10.1. The normalized spacial score (nSPS) is 16.1. The van der Waals surface area contributed by atoms with Crippen LogP contribution in [0.15, 0.2) is 17.0 Å². The number of hydrogen-bond acceptors (Lipinski definition) is 5. The third-order valence-corrected chi connectivity index (χ3v) is 4.44. The molecule has 1 saturated heterocycles. The topological polar surface area (TPSA) is 113 Å². The van der Waals surface area contributed by atoms with Crippen molar-refractivity contribution in [1.82, 2.24) is 4.72 Å². The Kier molecular flexibility index (Phi) is 3.48. The Labute approximate surface area is 109 Å². The number of benzene rings is 1. The second-order valence-electron chi connectivity index (χ2n) is 4.30. The second kappa shape index (κ2) is 4.80. The number of aromatic carboxylic acids is 1. The first kappa shape index (κ1) is 13.8. The molecule has 1 fully saturated rings. The number of aromatic hydroxyl groups is 1. The Bertz CT molecular complexity index is 620. The van der Waals surface area contributed by atoms with E-state index in [4.69, 9.17) is 9.84 Å². The van der Waals surface area contributed by atoms with Crippen LogP contribution in [-0.2, 0) is 14.8 Å². The summed E-state index contributed by atoms with van der Waals surface area (Å²) in [5, 5.41) is 18.4. The molecule has 0 atom stereocenters. The maximum Gasteiger partial charge on any atom is 0.339 e. The summed E-state index contributed by atoms with van der Waals surface area (Å²) in [6.07, 6.45) is 0. The molecule has 0 radical (unpaired) electrons. The first-order chi connectivity index (χ1) is 8.81. The molecule has 0 saturated carbocycles. The second-order valence-corrected chi connectivity index (χ2v) is 5.98. The monoisotopic (exact) mass is 287 g/mol. The molecule has 3 N–H and O–H groups in total. The van der Waals surface area contributed by atoms with Crippen LogP contribution in [-0.4, -0.2) is 43.9 Å². The van der Waals surface area contributed by atoms with Crippen LogP contribution < -0.4 is 4.72 Å². The van der Waals surface area contributed by atoms with Crippen LogP contribution in [0.2, 0.25) is 0 Å². The lowest BCUT2D eigenvalue weighted by Crippen LogP contribution is -2.48. The molecule has 7 nitrogen and oxygen atoms in total. The molecule has 1 heterocycles. The summed E-state index contributed by atoms with van der Waals surface area (Å²) in [5.74, 6) is -1.85. The lowest BCUT2D eigenvalue weighted by atomic mass is 10.1. The third-order valence-electron chi connectivity index (χ3n) is 2.77. The van der Waals surface area contributed by atoms with E-state index in [1.807, 2.05) is 0 Å². The molecule has 1 aliphatic rings. The van der Waals surface area contributed by atoms with E-state index in [1.54, 1.807) is 0 Å². The highest BCUT2D eigenvalue weighted by molar-refractivity contribution is 7.89. The number of carboxylic acid groups (broad SMARTS) is 1. The minimum atomic E-state index is -3.83. The van der Waals surface area contributed by atoms with Crippen molar-refractivity contribution in [3.8, 4) is 5.75 Å². The lowest BCUT2D eigenvalue weighted by molar-refractivity contribution is 0.00481. The van der Waals surface area contributed by atoms with E-state index >= 15 is 0 Å². The van der Waals surface area contributed by atoms with E-state index in [2.05, 4.69) is 4.72 Å². The van der Waals surface area contributed by atoms with Crippen LogP contribution in [0.1, 0.15) is 15.9 Å². The highest BCUT2D eigenvalue weighted by Crippen LogP contribution is 2.25. The molecule has 1 aliphatic heterocycles. The fourth-order valence-corrected chi connectivity index (χ4v) is 3.18. The number of rotatable bonds is 4. The average molecular weight is 287 g/mol. The van der Waals surface area contributed by atoms with E-state index in [0.29, 0.717) is 13.2 Å². The van der Waals surface area contributed by atoms with E-state index in [9.17, 15) is 18.3 Å². The predicted molar refractivity (Wildman–Crippen MR) is 64.7 cm³/mol. The Hall–Kier alpha value is -1.64. The van der Waals surface area contributed by atoms with Crippen LogP contribution >= 0.6 is 0 Å². The predicted octanol–water partition coefficient (Wildman–Crippen LogP) is 0.0759. The van der Waals surface area contributed by atoms with Crippen LogP contribution in [0.4, 0.5) is 0 Å². The van der Waals surface area contributed by atoms with Gasteiger partial charge in [0.15, 0.2) is 0 Å². The molecule has 0 amide bonds. The molecule has 2 rings (SSSR count). The van der Waals surface area contributed by atoms with Gasteiger partial charge in [-0.15, -0.1) is 0 Å². The fourth-order valence-electron chi connectivity index (χ4n) is 1.72. The number of phenols is 1. The van der Waals surface area contributed by atoms with Crippen molar-refractivity contribution in [1.29, 1.82) is 0 Å². The lowest BCUT2D eigenvalue weighted by Gasteiger charge is -2.26. The van der Waals surface area contributed by atoms with E-state index in [-0.39, 0.29) is 16.5 Å². The minimum absolute atomic E-state index is 0.158. The van der Waals surface area contributed by atoms with Crippen LogP contribution in [0.3, 0.4) is 0 Å². The van der Waals surface area contributed by atoms with Gasteiger partial charge in [0.1, 0.15) is 11.3 Å². The molecular formula is C11H13NO6S.